The Morgan fingerprint density at radius 1 is 0.356 bits per heavy atom. The highest BCUT2D eigenvalue weighted by atomic mass is 32.2. The standard InChI is InChI=1S/C53H33N3O2S/c1-32-14-13-17-34(28-32)51-54-50(33-15-3-2-4-16-33)55-52(56-51)35-26-27-40-37-19-6-5-18-36(37)38-20-7-10-23-44(38)53(46(40)29-35)45-24-11-8-21-39(45)42-31-49-43(30-47(42)53)41-22-9-12-25-48(41)59(49,57)58/h2-31H,1H3. The minimum absolute atomic E-state index is 0.353. The third kappa shape index (κ3) is 4.72. The van der Waals surface area contributed by atoms with Crippen LogP contribution in [0.2, 0.25) is 0 Å². The average molecular weight is 776 g/mol. The fraction of sp³-hybridized carbons (Fsp3) is 0.0377. The fourth-order valence-electron chi connectivity index (χ4n) is 9.86. The number of benzene rings is 8. The molecule has 0 fully saturated rings. The van der Waals surface area contributed by atoms with E-state index in [9.17, 15) is 8.42 Å². The second kappa shape index (κ2) is 12.4. The van der Waals surface area contributed by atoms with Crippen molar-refractivity contribution in [2.45, 2.75) is 22.1 Å². The van der Waals surface area contributed by atoms with Gasteiger partial charge in [0, 0.05) is 27.8 Å². The lowest BCUT2D eigenvalue weighted by Gasteiger charge is -2.35. The van der Waals surface area contributed by atoms with Crippen LogP contribution in [0.3, 0.4) is 0 Å². The quantitative estimate of drug-likeness (QED) is 0.179. The van der Waals surface area contributed by atoms with E-state index in [2.05, 4.69) is 116 Å². The molecule has 2 heterocycles. The number of aryl methyl sites for hydroxylation is 1. The molecule has 1 aromatic heterocycles. The molecule has 1 unspecified atom stereocenters. The Kier molecular flexibility index (Phi) is 7.09. The van der Waals surface area contributed by atoms with Crippen molar-refractivity contribution in [2.24, 2.45) is 0 Å². The molecule has 278 valence electrons. The molecule has 0 N–H and O–H groups in total. The Morgan fingerprint density at radius 2 is 0.864 bits per heavy atom. The predicted octanol–water partition coefficient (Wildman–Crippen LogP) is 12.0. The minimum atomic E-state index is -3.73. The van der Waals surface area contributed by atoms with Crippen LogP contribution in [0.5, 0.6) is 0 Å². The maximum absolute atomic E-state index is 14.2. The van der Waals surface area contributed by atoms with Gasteiger partial charge in [-0.15, -0.1) is 0 Å². The molecule has 0 saturated carbocycles. The van der Waals surface area contributed by atoms with E-state index < -0.39 is 15.3 Å². The molecule has 3 aliphatic rings. The van der Waals surface area contributed by atoms with Crippen LogP contribution in [0, 0.1) is 6.92 Å². The molecule has 0 bridgehead atoms. The maximum atomic E-state index is 14.2. The minimum Gasteiger partial charge on any atom is -0.218 e. The summed E-state index contributed by atoms with van der Waals surface area (Å²) >= 11 is 0. The third-order valence-electron chi connectivity index (χ3n) is 12.4. The van der Waals surface area contributed by atoms with Crippen LogP contribution in [0.25, 0.3) is 78.7 Å². The van der Waals surface area contributed by atoms with E-state index in [4.69, 9.17) is 15.0 Å². The molecule has 5 nitrogen and oxygen atoms in total. The van der Waals surface area contributed by atoms with Crippen molar-refractivity contribution in [3.63, 3.8) is 0 Å². The molecule has 12 rings (SSSR count). The lowest BCUT2D eigenvalue weighted by molar-refractivity contribution is 0.598. The summed E-state index contributed by atoms with van der Waals surface area (Å²) < 4.78 is 28.4. The van der Waals surface area contributed by atoms with Crippen LogP contribution in [0.1, 0.15) is 27.8 Å². The molecule has 2 aliphatic carbocycles. The molecule has 1 atom stereocenters. The van der Waals surface area contributed by atoms with Gasteiger partial charge in [-0.3, -0.25) is 0 Å². The van der Waals surface area contributed by atoms with E-state index in [1.54, 1.807) is 12.1 Å². The molecule has 0 radical (unpaired) electrons. The average Bonchev–Trinajstić information content (AvgIpc) is 3.66. The second-order valence-corrected chi connectivity index (χ2v) is 17.5. The van der Waals surface area contributed by atoms with Gasteiger partial charge in [0.05, 0.1) is 15.2 Å². The first-order valence-electron chi connectivity index (χ1n) is 19.8. The molecule has 1 aliphatic heterocycles. The number of hydrogen-bond acceptors (Lipinski definition) is 5. The van der Waals surface area contributed by atoms with Gasteiger partial charge in [-0.05, 0) is 92.9 Å². The van der Waals surface area contributed by atoms with Crippen molar-refractivity contribution in [3.05, 3.63) is 210 Å². The summed E-state index contributed by atoms with van der Waals surface area (Å²) in [6, 6.07) is 62.3. The van der Waals surface area contributed by atoms with Crippen molar-refractivity contribution in [1.29, 1.82) is 0 Å². The zero-order valence-corrected chi connectivity index (χ0v) is 32.7. The predicted molar refractivity (Wildman–Crippen MR) is 233 cm³/mol. The molecule has 6 heteroatoms. The number of rotatable bonds is 3. The summed E-state index contributed by atoms with van der Waals surface area (Å²) in [5, 5.41) is 0. The highest BCUT2D eigenvalue weighted by molar-refractivity contribution is 7.92. The van der Waals surface area contributed by atoms with E-state index in [-0.39, 0.29) is 0 Å². The van der Waals surface area contributed by atoms with Gasteiger partial charge in [-0.1, -0.05) is 157 Å². The van der Waals surface area contributed by atoms with Crippen LogP contribution >= 0.6 is 0 Å². The Balaban J connectivity index is 1.21. The Bertz CT molecular complexity index is 3380. The van der Waals surface area contributed by atoms with Gasteiger partial charge < -0.3 is 0 Å². The Morgan fingerprint density at radius 3 is 1.54 bits per heavy atom. The van der Waals surface area contributed by atoms with Gasteiger partial charge in [0.2, 0.25) is 9.84 Å². The summed E-state index contributed by atoms with van der Waals surface area (Å²) in [6.07, 6.45) is 0. The monoisotopic (exact) mass is 775 g/mol. The zero-order chi connectivity index (χ0) is 39.5. The molecule has 1 spiro atoms. The molecule has 9 aromatic rings. The lowest BCUT2D eigenvalue weighted by Crippen LogP contribution is -2.29. The second-order valence-electron chi connectivity index (χ2n) is 15.6. The van der Waals surface area contributed by atoms with Crippen molar-refractivity contribution in [2.75, 3.05) is 0 Å². The maximum Gasteiger partial charge on any atom is 0.207 e. The largest absolute Gasteiger partial charge is 0.218 e. The topological polar surface area (TPSA) is 72.8 Å². The first kappa shape index (κ1) is 33.8. The third-order valence-corrected chi connectivity index (χ3v) is 14.2. The number of aromatic nitrogens is 3. The molecular weight excluding hydrogens is 743 g/mol. The van der Waals surface area contributed by atoms with Gasteiger partial charge in [0.15, 0.2) is 17.5 Å². The molecule has 59 heavy (non-hydrogen) atoms. The van der Waals surface area contributed by atoms with E-state index in [1.807, 2.05) is 60.7 Å². The zero-order valence-electron chi connectivity index (χ0n) is 31.9. The Labute approximate surface area is 342 Å². The van der Waals surface area contributed by atoms with Gasteiger partial charge in [-0.25, -0.2) is 23.4 Å². The summed E-state index contributed by atoms with van der Waals surface area (Å²) in [5.74, 6) is 1.77. The molecular formula is C53H33N3O2S. The van der Waals surface area contributed by atoms with Crippen LogP contribution in [0.4, 0.5) is 0 Å². The van der Waals surface area contributed by atoms with Crippen molar-refractivity contribution in [1.82, 2.24) is 15.0 Å². The van der Waals surface area contributed by atoms with Crippen molar-refractivity contribution < 1.29 is 8.42 Å². The van der Waals surface area contributed by atoms with Gasteiger partial charge in [-0.2, -0.15) is 0 Å². The lowest BCUT2D eigenvalue weighted by atomic mass is 9.65. The van der Waals surface area contributed by atoms with E-state index >= 15 is 0 Å². The van der Waals surface area contributed by atoms with E-state index in [1.165, 1.54) is 0 Å². The highest BCUT2D eigenvalue weighted by Crippen LogP contribution is 2.63. The van der Waals surface area contributed by atoms with E-state index in [0.717, 1.165) is 89.0 Å². The first-order chi connectivity index (χ1) is 28.9. The summed E-state index contributed by atoms with van der Waals surface area (Å²) in [4.78, 5) is 16.1. The van der Waals surface area contributed by atoms with Crippen LogP contribution < -0.4 is 0 Å². The van der Waals surface area contributed by atoms with Gasteiger partial charge in [0.25, 0.3) is 0 Å². The SMILES string of the molecule is Cc1cccc(-c2nc(-c3ccccc3)nc(-c3ccc4c(c3)C3(c5ccccc5-c5ccccc5-4)c4ccccc4-c4cc5c(cc43)-c3ccccc3S5(=O)=O)n2)c1. The smallest absolute Gasteiger partial charge is 0.207 e. The first-order valence-corrected chi connectivity index (χ1v) is 21.3. The molecule has 0 amide bonds. The summed E-state index contributed by atoms with van der Waals surface area (Å²) in [6.45, 7) is 2.08. The molecule has 0 saturated heterocycles. The van der Waals surface area contributed by atoms with Crippen LogP contribution in [0.15, 0.2) is 192 Å². The van der Waals surface area contributed by atoms with Gasteiger partial charge in [0.1, 0.15) is 0 Å². The van der Waals surface area contributed by atoms with E-state index in [0.29, 0.717) is 27.3 Å². The van der Waals surface area contributed by atoms with Crippen molar-refractivity contribution >= 4 is 9.84 Å². The number of nitrogens with zero attached hydrogens (tertiary/aromatic N) is 3. The van der Waals surface area contributed by atoms with Crippen LogP contribution in [-0.2, 0) is 15.3 Å². The van der Waals surface area contributed by atoms with Crippen molar-refractivity contribution in [3.8, 4) is 78.7 Å². The summed E-state index contributed by atoms with van der Waals surface area (Å²) in [7, 11) is -3.73. The number of fused-ring (bicyclic) bond motifs is 15. The normalized spacial score (nSPS) is 15.9. The summed E-state index contributed by atoms with van der Waals surface area (Å²) in [5.41, 5.74) is 15.2. The number of hydrogen-bond donors (Lipinski definition) is 0. The fourth-order valence-corrected chi connectivity index (χ4v) is 11.6. The molecule has 8 aromatic carbocycles. The van der Waals surface area contributed by atoms with Crippen LogP contribution in [-0.4, -0.2) is 23.4 Å². The van der Waals surface area contributed by atoms with Gasteiger partial charge >= 0.3 is 0 Å². The number of sulfone groups is 1. The Hall–Kier alpha value is -7.28. The highest BCUT2D eigenvalue weighted by Gasteiger charge is 2.51.